The molecule has 1 aromatic rings. The second-order valence-corrected chi connectivity index (χ2v) is 3.18. The van der Waals surface area contributed by atoms with Crippen LogP contribution < -0.4 is 5.32 Å². The maximum atomic E-state index is 9.35. The Morgan fingerprint density at radius 3 is 2.58 bits per heavy atom. The number of rotatable bonds is 2. The molecule has 0 atom stereocenters. The first kappa shape index (κ1) is 9.66. The van der Waals surface area contributed by atoms with E-state index in [9.17, 15) is 10.2 Å². The number of hydrogen-bond acceptors (Lipinski definition) is 4. The summed E-state index contributed by atoms with van der Waals surface area (Å²) in [7, 11) is 3.14. The lowest BCUT2D eigenvalue weighted by atomic mass is 10.3. The Bertz CT molecular complexity index is 284. The van der Waals surface area contributed by atoms with Crippen molar-refractivity contribution < 1.29 is 10.2 Å². The van der Waals surface area contributed by atoms with Crippen LogP contribution in [0.4, 0.5) is 0 Å². The summed E-state index contributed by atoms with van der Waals surface area (Å²) < 4.78 is 1.89. The highest BCUT2D eigenvalue weighted by atomic mass is 79.9. The van der Waals surface area contributed by atoms with E-state index in [0.29, 0.717) is 4.60 Å². The predicted octanol–water partition coefficient (Wildman–Crippen LogP) is -0.503. The third kappa shape index (κ3) is 1.66. The summed E-state index contributed by atoms with van der Waals surface area (Å²) in [6.07, 6.45) is 1.51. The maximum absolute atomic E-state index is 9.35. The Kier molecular flexibility index (Phi) is 2.52. The minimum Gasteiger partial charge on any atom is -0.350 e. The van der Waals surface area contributed by atoms with Gasteiger partial charge in [0.05, 0.1) is 5.56 Å². The van der Waals surface area contributed by atoms with Gasteiger partial charge in [-0.15, -0.1) is 0 Å². The molecule has 0 saturated heterocycles. The van der Waals surface area contributed by atoms with Crippen LogP contribution in [0.2, 0.25) is 0 Å². The van der Waals surface area contributed by atoms with Crippen molar-refractivity contribution in [3.8, 4) is 0 Å². The van der Waals surface area contributed by atoms with Gasteiger partial charge in [0.25, 0.3) is 5.91 Å². The Balaban J connectivity index is 3.09. The van der Waals surface area contributed by atoms with Crippen molar-refractivity contribution in [2.45, 2.75) is 5.91 Å². The fourth-order valence-electron chi connectivity index (χ4n) is 0.830. The van der Waals surface area contributed by atoms with Gasteiger partial charge in [0, 0.05) is 13.2 Å². The van der Waals surface area contributed by atoms with Crippen LogP contribution in [0.25, 0.3) is 0 Å². The molecule has 0 aromatic carbocycles. The standard InChI is InChI=1S/C6H10BrN3O2/c1-8-6(11,12)4-3-10(2)9-5(4)7/h3,8,11-12H,1-2H3. The molecule has 0 aliphatic carbocycles. The average Bonchev–Trinajstić information content (AvgIpc) is 2.31. The van der Waals surface area contributed by atoms with Crippen LogP contribution in [-0.4, -0.2) is 27.0 Å². The zero-order valence-corrected chi connectivity index (χ0v) is 8.33. The molecule has 1 aromatic heterocycles. The minimum absolute atomic E-state index is 0.285. The van der Waals surface area contributed by atoms with Crippen LogP contribution >= 0.6 is 15.9 Å². The van der Waals surface area contributed by atoms with Gasteiger partial charge in [0.15, 0.2) is 0 Å². The lowest BCUT2D eigenvalue weighted by molar-refractivity contribution is -0.190. The van der Waals surface area contributed by atoms with Gasteiger partial charge in [-0.05, 0) is 23.0 Å². The highest BCUT2D eigenvalue weighted by molar-refractivity contribution is 9.10. The average molecular weight is 236 g/mol. The minimum atomic E-state index is -2.03. The van der Waals surface area contributed by atoms with Crippen LogP contribution in [-0.2, 0) is 13.0 Å². The second-order valence-electron chi connectivity index (χ2n) is 2.43. The molecule has 12 heavy (non-hydrogen) atoms. The van der Waals surface area contributed by atoms with E-state index in [4.69, 9.17) is 0 Å². The molecule has 6 heteroatoms. The van der Waals surface area contributed by atoms with Gasteiger partial charge in [-0.25, -0.2) is 0 Å². The molecule has 0 radical (unpaired) electrons. The number of aryl methyl sites for hydroxylation is 1. The number of aliphatic hydroxyl groups is 2. The number of nitrogens with one attached hydrogen (secondary N) is 1. The normalized spacial score (nSPS) is 12.1. The monoisotopic (exact) mass is 235 g/mol. The SMILES string of the molecule is CNC(O)(O)c1cn(C)nc1Br. The smallest absolute Gasteiger partial charge is 0.254 e. The number of aromatic nitrogens is 2. The van der Waals surface area contributed by atoms with Crippen molar-refractivity contribution in [2.75, 3.05) is 7.05 Å². The van der Waals surface area contributed by atoms with Crippen molar-refractivity contribution in [3.63, 3.8) is 0 Å². The molecule has 0 aliphatic rings. The van der Waals surface area contributed by atoms with Gasteiger partial charge in [-0.3, -0.25) is 10.00 Å². The molecule has 1 rings (SSSR count). The summed E-state index contributed by atoms with van der Waals surface area (Å²) in [5, 5.41) is 24.9. The van der Waals surface area contributed by atoms with E-state index in [2.05, 4.69) is 26.3 Å². The largest absolute Gasteiger partial charge is 0.350 e. The molecule has 0 aliphatic heterocycles. The van der Waals surface area contributed by atoms with Crippen molar-refractivity contribution in [2.24, 2.45) is 7.05 Å². The van der Waals surface area contributed by atoms with E-state index < -0.39 is 5.91 Å². The zero-order chi connectivity index (χ0) is 9.35. The van der Waals surface area contributed by atoms with E-state index in [0.717, 1.165) is 0 Å². The molecule has 5 nitrogen and oxygen atoms in total. The zero-order valence-electron chi connectivity index (χ0n) is 6.74. The molecule has 0 saturated carbocycles. The first-order valence-electron chi connectivity index (χ1n) is 3.30. The molecule has 0 bridgehead atoms. The fourth-order valence-corrected chi connectivity index (χ4v) is 1.46. The quantitative estimate of drug-likeness (QED) is 0.605. The van der Waals surface area contributed by atoms with Crippen molar-refractivity contribution in [1.82, 2.24) is 15.1 Å². The summed E-state index contributed by atoms with van der Waals surface area (Å²) in [4.78, 5) is 0. The van der Waals surface area contributed by atoms with Gasteiger partial charge in [0.2, 0.25) is 0 Å². The third-order valence-electron chi connectivity index (χ3n) is 1.51. The molecule has 0 spiro atoms. The molecule has 3 N–H and O–H groups in total. The van der Waals surface area contributed by atoms with Crippen molar-refractivity contribution in [1.29, 1.82) is 0 Å². The van der Waals surface area contributed by atoms with E-state index >= 15 is 0 Å². The van der Waals surface area contributed by atoms with Gasteiger partial charge in [-0.2, -0.15) is 5.10 Å². The Morgan fingerprint density at radius 1 is 1.67 bits per heavy atom. The Hall–Kier alpha value is -0.430. The number of hydrogen-bond donors (Lipinski definition) is 3. The Morgan fingerprint density at radius 2 is 2.25 bits per heavy atom. The first-order chi connectivity index (χ1) is 5.47. The fraction of sp³-hybridized carbons (Fsp3) is 0.500. The van der Waals surface area contributed by atoms with E-state index in [1.807, 2.05) is 0 Å². The number of nitrogens with zero attached hydrogens (tertiary/aromatic N) is 2. The van der Waals surface area contributed by atoms with Crippen molar-refractivity contribution in [3.05, 3.63) is 16.4 Å². The lowest BCUT2D eigenvalue weighted by Crippen LogP contribution is -2.39. The second kappa shape index (κ2) is 3.14. The summed E-state index contributed by atoms with van der Waals surface area (Å²) in [5.74, 6) is -2.03. The highest BCUT2D eigenvalue weighted by Crippen LogP contribution is 2.22. The molecule has 0 unspecified atom stereocenters. The third-order valence-corrected chi connectivity index (χ3v) is 2.09. The van der Waals surface area contributed by atoms with Gasteiger partial charge in [-0.1, -0.05) is 0 Å². The van der Waals surface area contributed by atoms with Crippen LogP contribution in [0.1, 0.15) is 5.56 Å². The highest BCUT2D eigenvalue weighted by Gasteiger charge is 2.28. The summed E-state index contributed by atoms with van der Waals surface area (Å²) in [5.41, 5.74) is 0.285. The van der Waals surface area contributed by atoms with Crippen LogP contribution in [0.3, 0.4) is 0 Å². The van der Waals surface area contributed by atoms with Crippen LogP contribution in [0.15, 0.2) is 10.8 Å². The van der Waals surface area contributed by atoms with E-state index in [1.165, 1.54) is 17.9 Å². The molecule has 1 heterocycles. The molecular formula is C6H10BrN3O2. The van der Waals surface area contributed by atoms with E-state index in [1.54, 1.807) is 7.05 Å². The van der Waals surface area contributed by atoms with Crippen molar-refractivity contribution >= 4 is 15.9 Å². The molecule has 0 amide bonds. The molecular weight excluding hydrogens is 226 g/mol. The molecule has 0 fully saturated rings. The molecule has 68 valence electrons. The summed E-state index contributed by atoms with van der Waals surface area (Å²) in [6.45, 7) is 0. The Labute approximate surface area is 78.1 Å². The number of halogens is 1. The first-order valence-corrected chi connectivity index (χ1v) is 4.10. The lowest BCUT2D eigenvalue weighted by Gasteiger charge is -2.18. The van der Waals surface area contributed by atoms with Gasteiger partial charge >= 0.3 is 0 Å². The summed E-state index contributed by atoms with van der Waals surface area (Å²) >= 11 is 3.10. The van der Waals surface area contributed by atoms with Gasteiger partial charge in [0.1, 0.15) is 4.60 Å². The van der Waals surface area contributed by atoms with Crippen LogP contribution in [0.5, 0.6) is 0 Å². The van der Waals surface area contributed by atoms with E-state index in [-0.39, 0.29) is 5.56 Å². The topological polar surface area (TPSA) is 70.3 Å². The van der Waals surface area contributed by atoms with Gasteiger partial charge < -0.3 is 10.2 Å². The summed E-state index contributed by atoms with van der Waals surface area (Å²) in [6, 6.07) is 0. The predicted molar refractivity (Wildman–Crippen MR) is 46.1 cm³/mol. The van der Waals surface area contributed by atoms with Crippen LogP contribution in [0, 0.1) is 0 Å². The maximum Gasteiger partial charge on any atom is 0.254 e.